The highest BCUT2D eigenvalue weighted by molar-refractivity contribution is 5.72. The lowest BCUT2D eigenvalue weighted by Gasteiger charge is -2.24. The molecule has 0 spiro atoms. The maximum absolute atomic E-state index is 11.5. The number of aliphatic hydroxyl groups excluding tert-OH is 4. The molecule has 0 aromatic heterocycles. The molecule has 0 bridgehead atoms. The summed E-state index contributed by atoms with van der Waals surface area (Å²) in [7, 11) is 0. The van der Waals surface area contributed by atoms with E-state index in [1.165, 1.54) is 19.3 Å². The first-order chi connectivity index (χ1) is 11.3. The second kappa shape index (κ2) is 13.1. The maximum atomic E-state index is 11.5. The van der Waals surface area contributed by atoms with Crippen molar-refractivity contribution in [3.63, 3.8) is 0 Å². The van der Waals surface area contributed by atoms with Crippen LogP contribution < -0.4 is 0 Å². The molecule has 0 saturated carbocycles. The van der Waals surface area contributed by atoms with E-state index in [-0.39, 0.29) is 6.42 Å². The van der Waals surface area contributed by atoms with Crippen LogP contribution in [0.5, 0.6) is 0 Å². The second-order valence-corrected chi connectivity index (χ2v) is 5.89. The number of aliphatic carboxylic acids is 1. The number of aliphatic hydroxyl groups is 4. The molecule has 0 aliphatic rings. The molecule has 0 radical (unpaired) electrons. The summed E-state index contributed by atoms with van der Waals surface area (Å²) in [6, 6.07) is 0. The molecule has 24 heavy (non-hydrogen) atoms. The molecule has 0 aromatic rings. The lowest BCUT2D eigenvalue weighted by atomic mass is 10.0. The lowest BCUT2D eigenvalue weighted by Crippen LogP contribution is -2.49. The van der Waals surface area contributed by atoms with Gasteiger partial charge in [-0.2, -0.15) is 0 Å². The summed E-state index contributed by atoms with van der Waals surface area (Å²) >= 11 is 0. The summed E-state index contributed by atoms with van der Waals surface area (Å²) in [6.07, 6.45) is -0.412. The van der Waals surface area contributed by atoms with E-state index in [1.54, 1.807) is 0 Å². The first-order valence-electron chi connectivity index (χ1n) is 8.42. The zero-order valence-electron chi connectivity index (χ0n) is 14.1. The Morgan fingerprint density at radius 2 is 1.42 bits per heavy atom. The SMILES string of the molecule is CCCCCCCCCC(=O)OC[C@@H](O)[C@@H](O)[C@H](O)[C@@H](O)C(=O)O. The van der Waals surface area contributed by atoms with Gasteiger partial charge in [-0.1, -0.05) is 45.4 Å². The third-order valence-corrected chi connectivity index (χ3v) is 3.72. The molecule has 0 heterocycles. The lowest BCUT2D eigenvalue weighted by molar-refractivity contribution is -0.168. The van der Waals surface area contributed by atoms with Crippen molar-refractivity contribution in [2.45, 2.75) is 82.7 Å². The van der Waals surface area contributed by atoms with Crippen LogP contribution in [-0.2, 0) is 14.3 Å². The van der Waals surface area contributed by atoms with E-state index in [9.17, 15) is 24.9 Å². The largest absolute Gasteiger partial charge is 0.479 e. The molecule has 4 atom stereocenters. The summed E-state index contributed by atoms with van der Waals surface area (Å²) in [5.74, 6) is -2.27. The summed E-state index contributed by atoms with van der Waals surface area (Å²) in [5, 5.41) is 46.0. The number of rotatable bonds is 14. The maximum Gasteiger partial charge on any atom is 0.335 e. The third-order valence-electron chi connectivity index (χ3n) is 3.72. The first kappa shape index (κ1) is 22.8. The molecule has 5 N–H and O–H groups in total. The van der Waals surface area contributed by atoms with Gasteiger partial charge in [0.25, 0.3) is 0 Å². The number of esters is 1. The van der Waals surface area contributed by atoms with E-state index >= 15 is 0 Å². The standard InChI is InChI=1S/C16H30O8/c1-2-3-4-5-6-7-8-9-12(18)24-10-11(17)13(19)14(20)15(21)16(22)23/h11,13-15,17,19-21H,2-10H2,1H3,(H,22,23)/t11-,13-,14+,15-/m1/s1. The van der Waals surface area contributed by atoms with Gasteiger partial charge >= 0.3 is 11.9 Å². The third kappa shape index (κ3) is 9.82. The highest BCUT2D eigenvalue weighted by Gasteiger charge is 2.34. The van der Waals surface area contributed by atoms with Crippen LogP contribution in [0.2, 0.25) is 0 Å². The molecular formula is C16H30O8. The number of carbonyl (C=O) groups is 2. The van der Waals surface area contributed by atoms with E-state index in [0.29, 0.717) is 6.42 Å². The van der Waals surface area contributed by atoms with Crippen molar-refractivity contribution in [1.82, 2.24) is 0 Å². The van der Waals surface area contributed by atoms with Crippen LogP contribution in [0.1, 0.15) is 58.3 Å². The summed E-state index contributed by atoms with van der Waals surface area (Å²) in [5.41, 5.74) is 0. The van der Waals surface area contributed by atoms with Crippen LogP contribution in [0.15, 0.2) is 0 Å². The van der Waals surface area contributed by atoms with Crippen LogP contribution in [0.25, 0.3) is 0 Å². The fraction of sp³-hybridized carbons (Fsp3) is 0.875. The van der Waals surface area contributed by atoms with E-state index < -0.39 is 43.0 Å². The number of hydrogen-bond donors (Lipinski definition) is 5. The van der Waals surface area contributed by atoms with Crippen molar-refractivity contribution in [3.8, 4) is 0 Å². The number of carboxylic acid groups (broad SMARTS) is 1. The summed E-state index contributed by atoms with van der Waals surface area (Å²) < 4.78 is 4.77. The predicted octanol–water partition coefficient (Wildman–Crippen LogP) is 0.198. The van der Waals surface area contributed by atoms with Crippen LogP contribution in [0.4, 0.5) is 0 Å². The van der Waals surface area contributed by atoms with E-state index in [4.69, 9.17) is 14.9 Å². The van der Waals surface area contributed by atoms with Gasteiger partial charge in [-0.3, -0.25) is 4.79 Å². The van der Waals surface area contributed by atoms with Crippen molar-refractivity contribution in [2.75, 3.05) is 6.61 Å². The van der Waals surface area contributed by atoms with Gasteiger partial charge in [0.1, 0.15) is 24.9 Å². The zero-order valence-corrected chi connectivity index (χ0v) is 14.1. The molecule has 0 aromatic carbocycles. The molecular weight excluding hydrogens is 320 g/mol. The van der Waals surface area contributed by atoms with Crippen molar-refractivity contribution in [1.29, 1.82) is 0 Å². The average Bonchev–Trinajstić information content (AvgIpc) is 2.56. The Kier molecular flexibility index (Phi) is 12.4. The van der Waals surface area contributed by atoms with Gasteiger partial charge in [-0.05, 0) is 6.42 Å². The van der Waals surface area contributed by atoms with Crippen molar-refractivity contribution < 1.29 is 39.9 Å². The number of carboxylic acids is 1. The Bertz CT molecular complexity index is 360. The minimum atomic E-state index is -2.24. The second-order valence-electron chi connectivity index (χ2n) is 5.89. The van der Waals surface area contributed by atoms with Gasteiger partial charge in [-0.15, -0.1) is 0 Å². The number of unbranched alkanes of at least 4 members (excludes halogenated alkanes) is 6. The van der Waals surface area contributed by atoms with Gasteiger partial charge in [0.15, 0.2) is 6.10 Å². The first-order valence-corrected chi connectivity index (χ1v) is 8.42. The molecule has 0 rings (SSSR count). The molecule has 0 unspecified atom stereocenters. The molecule has 0 aliphatic heterocycles. The zero-order chi connectivity index (χ0) is 18.5. The van der Waals surface area contributed by atoms with E-state index in [1.807, 2.05) is 0 Å². The number of carbonyl (C=O) groups excluding carboxylic acids is 1. The minimum Gasteiger partial charge on any atom is -0.479 e. The van der Waals surface area contributed by atoms with Gasteiger partial charge in [0.05, 0.1) is 0 Å². The van der Waals surface area contributed by atoms with Gasteiger partial charge in [-0.25, -0.2) is 4.79 Å². The number of ether oxygens (including phenoxy) is 1. The fourth-order valence-electron chi connectivity index (χ4n) is 2.14. The Labute approximate surface area is 142 Å². The minimum absolute atomic E-state index is 0.191. The van der Waals surface area contributed by atoms with Gasteiger partial charge < -0.3 is 30.3 Å². The van der Waals surface area contributed by atoms with E-state index in [0.717, 1.165) is 19.3 Å². The van der Waals surface area contributed by atoms with Crippen LogP contribution >= 0.6 is 0 Å². The summed E-state index contributed by atoms with van der Waals surface area (Å²) in [6.45, 7) is 1.56. The van der Waals surface area contributed by atoms with Crippen molar-refractivity contribution in [2.24, 2.45) is 0 Å². The normalized spacial score (nSPS) is 16.2. The quantitative estimate of drug-likeness (QED) is 0.221. The Hall–Kier alpha value is -1.22. The monoisotopic (exact) mass is 350 g/mol. The molecule has 0 aliphatic carbocycles. The molecule has 142 valence electrons. The predicted molar refractivity (Wildman–Crippen MR) is 85.2 cm³/mol. The molecule has 0 saturated heterocycles. The Morgan fingerprint density at radius 1 is 0.875 bits per heavy atom. The van der Waals surface area contributed by atoms with Crippen molar-refractivity contribution in [3.05, 3.63) is 0 Å². The topological polar surface area (TPSA) is 145 Å². The van der Waals surface area contributed by atoms with Gasteiger partial charge in [0, 0.05) is 6.42 Å². The number of hydrogen-bond acceptors (Lipinski definition) is 7. The van der Waals surface area contributed by atoms with Crippen LogP contribution in [-0.4, -0.2) is 68.5 Å². The van der Waals surface area contributed by atoms with E-state index in [2.05, 4.69) is 6.92 Å². The van der Waals surface area contributed by atoms with Crippen molar-refractivity contribution >= 4 is 11.9 Å². The highest BCUT2D eigenvalue weighted by atomic mass is 16.5. The molecule has 8 heteroatoms. The Balaban J connectivity index is 3.86. The highest BCUT2D eigenvalue weighted by Crippen LogP contribution is 2.10. The Morgan fingerprint density at radius 3 is 1.96 bits per heavy atom. The van der Waals surface area contributed by atoms with Gasteiger partial charge in [0.2, 0.25) is 0 Å². The molecule has 0 fully saturated rings. The van der Waals surface area contributed by atoms with Crippen LogP contribution in [0, 0.1) is 0 Å². The smallest absolute Gasteiger partial charge is 0.335 e. The molecule has 8 nitrogen and oxygen atoms in total. The summed E-state index contributed by atoms with van der Waals surface area (Å²) in [4.78, 5) is 22.0. The fourth-order valence-corrected chi connectivity index (χ4v) is 2.14. The van der Waals surface area contributed by atoms with Crippen LogP contribution in [0.3, 0.4) is 0 Å². The average molecular weight is 350 g/mol. The molecule has 0 amide bonds.